The van der Waals surface area contributed by atoms with Gasteiger partial charge in [-0.1, -0.05) is 26.3 Å². The molecular formula is C24H33NO5. The van der Waals surface area contributed by atoms with Crippen molar-refractivity contribution in [1.29, 1.82) is 0 Å². The predicted molar refractivity (Wildman–Crippen MR) is 116 cm³/mol. The molecule has 0 heterocycles. The van der Waals surface area contributed by atoms with Crippen LogP contribution in [0.25, 0.3) is 0 Å². The Kier molecular flexibility index (Phi) is 7.71. The third-order valence-corrected chi connectivity index (χ3v) is 5.62. The van der Waals surface area contributed by atoms with Gasteiger partial charge < -0.3 is 20.3 Å². The Morgan fingerprint density at radius 3 is 2.43 bits per heavy atom. The van der Waals surface area contributed by atoms with Crippen LogP contribution in [-0.4, -0.2) is 35.1 Å². The van der Waals surface area contributed by atoms with Gasteiger partial charge in [0, 0.05) is 17.0 Å². The zero-order valence-corrected chi connectivity index (χ0v) is 18.5. The van der Waals surface area contributed by atoms with Crippen molar-refractivity contribution in [2.24, 2.45) is 11.3 Å². The Morgan fingerprint density at radius 2 is 1.80 bits per heavy atom. The zero-order valence-electron chi connectivity index (χ0n) is 18.5. The molecule has 0 radical (unpaired) electrons. The third kappa shape index (κ3) is 6.37. The number of benzene rings is 1. The molecule has 0 aliphatic heterocycles. The Labute approximate surface area is 178 Å². The van der Waals surface area contributed by atoms with Gasteiger partial charge in [0.25, 0.3) is 0 Å². The second-order valence-corrected chi connectivity index (χ2v) is 8.82. The van der Waals surface area contributed by atoms with E-state index < -0.39 is 5.41 Å². The minimum Gasteiger partial charge on any atom is -0.508 e. The van der Waals surface area contributed by atoms with Gasteiger partial charge in [-0.15, -0.1) is 0 Å². The fourth-order valence-corrected chi connectivity index (χ4v) is 3.43. The monoisotopic (exact) mass is 415 g/mol. The number of phenols is 2. The number of ketones is 1. The Morgan fingerprint density at radius 1 is 1.17 bits per heavy atom. The number of nitrogens with one attached hydrogen (secondary N) is 1. The van der Waals surface area contributed by atoms with Gasteiger partial charge >= 0.3 is 0 Å². The van der Waals surface area contributed by atoms with Crippen LogP contribution in [0.4, 0.5) is 0 Å². The second-order valence-electron chi connectivity index (χ2n) is 8.82. The van der Waals surface area contributed by atoms with Crippen molar-refractivity contribution in [1.82, 2.24) is 5.32 Å². The maximum Gasteiger partial charge on any atom is 0.226 e. The van der Waals surface area contributed by atoms with Gasteiger partial charge in [0.1, 0.15) is 17.3 Å². The molecular weight excluding hydrogens is 382 g/mol. The van der Waals surface area contributed by atoms with Crippen LogP contribution in [0.3, 0.4) is 0 Å². The quantitative estimate of drug-likeness (QED) is 0.408. The number of aromatic hydroxyl groups is 2. The molecule has 1 unspecified atom stereocenters. The summed E-state index contributed by atoms with van der Waals surface area (Å²) in [5, 5.41) is 21.6. The maximum absolute atomic E-state index is 12.5. The first-order valence-corrected chi connectivity index (χ1v) is 10.3. The molecule has 2 rings (SSSR count). The summed E-state index contributed by atoms with van der Waals surface area (Å²) in [4.78, 5) is 24.8. The summed E-state index contributed by atoms with van der Waals surface area (Å²) in [6.07, 6.45) is 4.45. The van der Waals surface area contributed by atoms with Gasteiger partial charge in [-0.2, -0.15) is 0 Å². The molecule has 0 spiro atoms. The summed E-state index contributed by atoms with van der Waals surface area (Å²) in [6, 6.07) is 3.66. The largest absolute Gasteiger partial charge is 0.508 e. The van der Waals surface area contributed by atoms with Crippen LogP contribution in [0.1, 0.15) is 64.2 Å². The van der Waals surface area contributed by atoms with E-state index in [2.05, 4.69) is 32.2 Å². The van der Waals surface area contributed by atoms with Gasteiger partial charge in [-0.05, 0) is 62.8 Å². The molecule has 0 saturated carbocycles. The minimum atomic E-state index is -0.652. The molecule has 1 aliphatic rings. The number of phenolic OH excluding ortho intramolecular Hbond substituents is 2. The zero-order chi connectivity index (χ0) is 22.5. The molecule has 30 heavy (non-hydrogen) atoms. The molecule has 6 heteroatoms. The number of rotatable bonds is 9. The van der Waals surface area contributed by atoms with Gasteiger partial charge in [-0.25, -0.2) is 0 Å². The van der Waals surface area contributed by atoms with E-state index >= 15 is 0 Å². The summed E-state index contributed by atoms with van der Waals surface area (Å²) >= 11 is 0. The highest BCUT2D eigenvalue weighted by Crippen LogP contribution is 2.29. The van der Waals surface area contributed by atoms with Crippen LogP contribution in [0.5, 0.6) is 11.5 Å². The normalized spacial score (nSPS) is 16.8. The molecule has 3 N–H and O–H groups in total. The number of allylic oxidation sites excluding steroid dienone is 3. The molecule has 1 amide bonds. The molecule has 1 aliphatic carbocycles. The number of hydrogen-bond acceptors (Lipinski definition) is 5. The van der Waals surface area contributed by atoms with Crippen molar-refractivity contribution < 1.29 is 24.5 Å². The number of Topliss-reactive ketones (excluding diaryl/α,β-unsaturated/α-hetero) is 1. The number of carbonyl (C=O) groups is 2. The number of amides is 1. The lowest BCUT2D eigenvalue weighted by Crippen LogP contribution is -2.39. The van der Waals surface area contributed by atoms with Crippen LogP contribution >= 0.6 is 0 Å². The molecule has 1 aromatic carbocycles. The van der Waals surface area contributed by atoms with Gasteiger partial charge in [0.15, 0.2) is 5.78 Å². The highest BCUT2D eigenvalue weighted by Gasteiger charge is 2.27. The van der Waals surface area contributed by atoms with E-state index in [0.717, 1.165) is 18.2 Å². The number of ether oxygens (including phenoxy) is 1. The molecule has 1 atom stereocenters. The first-order chi connectivity index (χ1) is 14.0. The van der Waals surface area contributed by atoms with Gasteiger partial charge in [-0.3, -0.25) is 9.59 Å². The fourth-order valence-electron chi connectivity index (χ4n) is 3.43. The molecule has 0 fully saturated rings. The highest BCUT2D eigenvalue weighted by atomic mass is 16.5. The van der Waals surface area contributed by atoms with Crippen LogP contribution in [-0.2, 0) is 9.53 Å². The van der Waals surface area contributed by atoms with Crippen molar-refractivity contribution in [3.63, 3.8) is 0 Å². The number of carbonyl (C=O) groups excluding carboxylic acids is 2. The maximum atomic E-state index is 12.5. The van der Waals surface area contributed by atoms with Crippen LogP contribution < -0.4 is 5.32 Å². The van der Waals surface area contributed by atoms with Crippen LogP contribution in [0, 0.1) is 11.3 Å². The van der Waals surface area contributed by atoms with Crippen molar-refractivity contribution in [3.05, 3.63) is 46.7 Å². The summed E-state index contributed by atoms with van der Waals surface area (Å²) in [5.41, 5.74) is 2.07. The summed E-state index contributed by atoms with van der Waals surface area (Å²) < 4.78 is 5.94. The van der Waals surface area contributed by atoms with E-state index in [1.54, 1.807) is 0 Å². The summed E-state index contributed by atoms with van der Waals surface area (Å²) in [5.74, 6) is 0.475. The first-order valence-electron chi connectivity index (χ1n) is 10.3. The third-order valence-electron chi connectivity index (χ3n) is 5.62. The Hall–Kier alpha value is -2.76. The molecule has 6 nitrogen and oxygen atoms in total. The molecule has 164 valence electrons. The average Bonchev–Trinajstić information content (AvgIpc) is 2.65. The smallest absolute Gasteiger partial charge is 0.226 e. The fraction of sp³-hybridized carbons (Fsp3) is 0.500. The van der Waals surface area contributed by atoms with E-state index in [4.69, 9.17) is 4.74 Å². The van der Waals surface area contributed by atoms with Crippen molar-refractivity contribution >= 4 is 11.7 Å². The molecule has 0 saturated heterocycles. The van der Waals surface area contributed by atoms with Crippen molar-refractivity contribution in [2.45, 2.75) is 53.9 Å². The Balaban J connectivity index is 1.80. The van der Waals surface area contributed by atoms with Gasteiger partial charge in [0.2, 0.25) is 5.91 Å². The lowest BCUT2D eigenvalue weighted by atomic mass is 9.86. The lowest BCUT2D eigenvalue weighted by Gasteiger charge is -2.25. The topological polar surface area (TPSA) is 95.9 Å². The van der Waals surface area contributed by atoms with E-state index in [0.29, 0.717) is 25.4 Å². The van der Waals surface area contributed by atoms with E-state index in [-0.39, 0.29) is 35.3 Å². The molecule has 0 bridgehead atoms. The average molecular weight is 416 g/mol. The van der Waals surface area contributed by atoms with Crippen molar-refractivity contribution in [2.75, 3.05) is 13.2 Å². The highest BCUT2D eigenvalue weighted by molar-refractivity contribution is 6.00. The molecule has 0 aromatic heterocycles. The van der Waals surface area contributed by atoms with Crippen molar-refractivity contribution in [3.8, 4) is 11.5 Å². The lowest BCUT2D eigenvalue weighted by molar-refractivity contribution is -0.129. The first kappa shape index (κ1) is 23.5. The summed E-state index contributed by atoms with van der Waals surface area (Å²) in [7, 11) is 0. The second kappa shape index (κ2) is 9.83. The van der Waals surface area contributed by atoms with E-state index in [1.165, 1.54) is 23.3 Å². The molecule has 1 aromatic rings. The van der Waals surface area contributed by atoms with E-state index in [1.807, 2.05) is 13.8 Å². The van der Waals surface area contributed by atoms with E-state index in [9.17, 15) is 19.8 Å². The standard InChI is InChI=1S/C24H33NO5/c1-15-9-17(3)22(10-16(15)2)30-8-6-7-24(4,5)23(29)25-14-21(28)18-11-19(26)13-20(27)12-18/h10-13,15,26-27H,6-9,14H2,1-5H3,(H,25,29). The minimum absolute atomic E-state index is 0.146. The summed E-state index contributed by atoms with van der Waals surface area (Å²) in [6.45, 7) is 10.4. The Bertz CT molecular complexity index is 846. The van der Waals surface area contributed by atoms with Crippen LogP contribution in [0.2, 0.25) is 0 Å². The number of hydrogen-bond donors (Lipinski definition) is 3. The van der Waals surface area contributed by atoms with Gasteiger partial charge in [0.05, 0.1) is 13.2 Å². The SMILES string of the molecule is CC1=CC(OCCCC(C)(C)C(=O)NCC(=O)c2cc(O)cc(O)c2)=C(C)CC1C. The van der Waals surface area contributed by atoms with Crippen LogP contribution in [0.15, 0.2) is 41.2 Å². The predicted octanol–water partition coefficient (Wildman–Crippen LogP) is 4.48.